The van der Waals surface area contributed by atoms with E-state index >= 15 is 0 Å². The van der Waals surface area contributed by atoms with Gasteiger partial charge in [0.1, 0.15) is 10.0 Å². The lowest BCUT2D eigenvalue weighted by atomic mass is 10.1. The second-order valence-electron chi connectivity index (χ2n) is 3.98. The summed E-state index contributed by atoms with van der Waals surface area (Å²) >= 11 is 3.09. The predicted octanol–water partition coefficient (Wildman–Crippen LogP) is 5.76. The summed E-state index contributed by atoms with van der Waals surface area (Å²) < 4.78 is 0. The Bertz CT molecular complexity index is 780. The molecule has 3 nitrogen and oxygen atoms in total. The fourth-order valence-electron chi connectivity index (χ4n) is 1.78. The minimum Gasteiger partial charge on any atom is -0.192 e. The second-order valence-corrected chi connectivity index (χ2v) is 5.80. The third-order valence-corrected chi connectivity index (χ3v) is 4.24. The van der Waals surface area contributed by atoms with Gasteiger partial charge in [-0.1, -0.05) is 12.1 Å². The van der Waals surface area contributed by atoms with Gasteiger partial charge in [0.25, 0.3) is 0 Å². The highest BCUT2D eigenvalue weighted by Crippen LogP contribution is 2.37. The standard InChI is InChI=1S/C15H9N3S2/c16-10-11-3-1-4-12(9-11)13-6-8-20-15(13)18-17-14-5-2-7-19-14/h1-9H. The van der Waals surface area contributed by atoms with Crippen molar-refractivity contribution in [3.63, 3.8) is 0 Å². The fraction of sp³-hybridized carbons (Fsp3) is 0. The molecule has 2 aromatic heterocycles. The fourth-order valence-corrected chi connectivity index (χ4v) is 3.05. The topological polar surface area (TPSA) is 48.5 Å². The van der Waals surface area contributed by atoms with E-state index in [1.54, 1.807) is 28.7 Å². The van der Waals surface area contributed by atoms with Gasteiger partial charge in [0.2, 0.25) is 0 Å². The minimum absolute atomic E-state index is 0.648. The summed E-state index contributed by atoms with van der Waals surface area (Å²) in [5.74, 6) is 0. The van der Waals surface area contributed by atoms with E-state index in [-0.39, 0.29) is 0 Å². The van der Waals surface area contributed by atoms with Crippen LogP contribution < -0.4 is 0 Å². The molecule has 0 aliphatic heterocycles. The maximum atomic E-state index is 8.97. The van der Waals surface area contributed by atoms with Crippen molar-refractivity contribution in [3.8, 4) is 17.2 Å². The first-order valence-electron chi connectivity index (χ1n) is 5.90. The number of thiophene rings is 2. The third-order valence-electron chi connectivity index (χ3n) is 2.69. The highest BCUT2D eigenvalue weighted by Gasteiger charge is 2.07. The molecule has 5 heteroatoms. The lowest BCUT2D eigenvalue weighted by Gasteiger charge is -1.99. The Morgan fingerprint density at radius 3 is 2.70 bits per heavy atom. The van der Waals surface area contributed by atoms with E-state index in [1.165, 1.54) is 0 Å². The third kappa shape index (κ3) is 2.67. The van der Waals surface area contributed by atoms with Gasteiger partial charge in [-0.2, -0.15) is 5.26 Å². The molecule has 0 fully saturated rings. The average molecular weight is 295 g/mol. The molecule has 0 radical (unpaired) electrons. The zero-order valence-electron chi connectivity index (χ0n) is 10.4. The molecule has 0 N–H and O–H groups in total. The monoisotopic (exact) mass is 295 g/mol. The number of benzene rings is 1. The molecule has 20 heavy (non-hydrogen) atoms. The van der Waals surface area contributed by atoms with Crippen LogP contribution in [0.3, 0.4) is 0 Å². The molecule has 0 unspecified atom stereocenters. The van der Waals surface area contributed by atoms with Crippen molar-refractivity contribution in [2.24, 2.45) is 10.2 Å². The molecule has 2 heterocycles. The maximum absolute atomic E-state index is 8.97. The lowest BCUT2D eigenvalue weighted by Crippen LogP contribution is -1.77. The molecule has 3 rings (SSSR count). The first-order valence-corrected chi connectivity index (χ1v) is 7.66. The molecule has 1 aromatic carbocycles. The molecule has 0 atom stereocenters. The summed E-state index contributed by atoms with van der Waals surface area (Å²) in [6.45, 7) is 0. The van der Waals surface area contributed by atoms with Crippen molar-refractivity contribution < 1.29 is 0 Å². The van der Waals surface area contributed by atoms with Crippen LogP contribution in [-0.4, -0.2) is 0 Å². The van der Waals surface area contributed by atoms with Gasteiger partial charge in [0.05, 0.1) is 11.6 Å². The molecule has 0 spiro atoms. The van der Waals surface area contributed by atoms with Crippen LogP contribution in [0.4, 0.5) is 10.0 Å². The van der Waals surface area contributed by atoms with Gasteiger partial charge in [-0.25, -0.2) is 0 Å². The van der Waals surface area contributed by atoms with Gasteiger partial charge in [0.15, 0.2) is 0 Å². The zero-order chi connectivity index (χ0) is 13.8. The van der Waals surface area contributed by atoms with E-state index in [9.17, 15) is 0 Å². The first kappa shape index (κ1) is 12.7. The van der Waals surface area contributed by atoms with E-state index in [1.807, 2.05) is 47.2 Å². The van der Waals surface area contributed by atoms with Gasteiger partial charge < -0.3 is 0 Å². The highest BCUT2D eigenvalue weighted by molar-refractivity contribution is 7.14. The Hall–Kier alpha value is -2.29. The van der Waals surface area contributed by atoms with Crippen molar-refractivity contribution in [1.29, 1.82) is 5.26 Å². The van der Waals surface area contributed by atoms with E-state index in [0.717, 1.165) is 21.1 Å². The molecule has 0 aliphatic carbocycles. The molecule has 3 aromatic rings. The summed E-state index contributed by atoms with van der Waals surface area (Å²) in [4.78, 5) is 0. The molecule has 96 valence electrons. The second kappa shape index (κ2) is 5.78. The quantitative estimate of drug-likeness (QED) is 0.566. The minimum atomic E-state index is 0.648. The average Bonchev–Trinajstić information content (AvgIpc) is 3.16. The van der Waals surface area contributed by atoms with Gasteiger partial charge in [-0.3, -0.25) is 0 Å². The van der Waals surface area contributed by atoms with Crippen molar-refractivity contribution in [3.05, 3.63) is 58.8 Å². The molecule has 0 bridgehead atoms. The van der Waals surface area contributed by atoms with Crippen molar-refractivity contribution in [2.45, 2.75) is 0 Å². The highest BCUT2D eigenvalue weighted by atomic mass is 32.1. The van der Waals surface area contributed by atoms with Crippen molar-refractivity contribution in [2.75, 3.05) is 0 Å². The largest absolute Gasteiger partial charge is 0.192 e. The summed E-state index contributed by atoms with van der Waals surface area (Å²) in [5.41, 5.74) is 2.65. The Balaban J connectivity index is 1.96. The number of azo groups is 1. The van der Waals surface area contributed by atoms with Crippen LogP contribution >= 0.6 is 22.7 Å². The Morgan fingerprint density at radius 2 is 1.90 bits per heavy atom. The van der Waals surface area contributed by atoms with Crippen LogP contribution in [0, 0.1) is 11.3 Å². The van der Waals surface area contributed by atoms with E-state index in [2.05, 4.69) is 16.3 Å². The van der Waals surface area contributed by atoms with Crippen LogP contribution in [-0.2, 0) is 0 Å². The first-order chi connectivity index (χ1) is 9.86. The lowest BCUT2D eigenvalue weighted by molar-refractivity contribution is 1.28. The summed E-state index contributed by atoms with van der Waals surface area (Å²) in [5, 5.41) is 23.2. The van der Waals surface area contributed by atoms with Crippen molar-refractivity contribution in [1.82, 2.24) is 0 Å². The molecule has 0 amide bonds. The van der Waals surface area contributed by atoms with Gasteiger partial charge >= 0.3 is 0 Å². The van der Waals surface area contributed by atoms with Crippen LogP contribution in [0.1, 0.15) is 5.56 Å². The van der Waals surface area contributed by atoms with Crippen LogP contribution in [0.15, 0.2) is 63.5 Å². The zero-order valence-corrected chi connectivity index (χ0v) is 12.0. The van der Waals surface area contributed by atoms with Crippen LogP contribution in [0.25, 0.3) is 11.1 Å². The molecule has 0 aliphatic rings. The maximum Gasteiger partial charge on any atom is 0.146 e. The Kier molecular flexibility index (Phi) is 3.68. The molecular weight excluding hydrogens is 286 g/mol. The number of hydrogen-bond donors (Lipinski definition) is 0. The van der Waals surface area contributed by atoms with E-state index in [4.69, 9.17) is 5.26 Å². The number of nitrogens with zero attached hydrogens (tertiary/aromatic N) is 3. The number of hydrogen-bond acceptors (Lipinski definition) is 5. The van der Waals surface area contributed by atoms with E-state index < -0.39 is 0 Å². The Labute approximate surface area is 124 Å². The molecule has 0 saturated heterocycles. The number of rotatable bonds is 3. The SMILES string of the molecule is N#Cc1cccc(-c2ccsc2N=Nc2cccs2)c1. The van der Waals surface area contributed by atoms with Gasteiger partial charge in [-0.15, -0.1) is 32.9 Å². The van der Waals surface area contributed by atoms with E-state index in [0.29, 0.717) is 5.56 Å². The predicted molar refractivity (Wildman–Crippen MR) is 83.0 cm³/mol. The summed E-state index contributed by atoms with van der Waals surface area (Å²) in [6, 6.07) is 15.6. The van der Waals surface area contributed by atoms with Crippen molar-refractivity contribution >= 4 is 32.7 Å². The summed E-state index contributed by atoms with van der Waals surface area (Å²) in [7, 11) is 0. The van der Waals surface area contributed by atoms with Gasteiger partial charge in [-0.05, 0) is 46.7 Å². The smallest absolute Gasteiger partial charge is 0.146 e. The Morgan fingerprint density at radius 1 is 0.950 bits per heavy atom. The van der Waals surface area contributed by atoms with Gasteiger partial charge in [0, 0.05) is 5.56 Å². The summed E-state index contributed by atoms with van der Waals surface area (Å²) in [6.07, 6.45) is 0. The molecule has 0 saturated carbocycles. The van der Waals surface area contributed by atoms with Crippen LogP contribution in [0.5, 0.6) is 0 Å². The normalized spacial score (nSPS) is 10.8. The van der Waals surface area contributed by atoms with Crippen LogP contribution in [0.2, 0.25) is 0 Å². The number of nitriles is 1. The molecular formula is C15H9N3S2.